The second-order valence-corrected chi connectivity index (χ2v) is 9.42. The number of carbonyl (C=O) groups excluding carboxylic acids is 2. The number of benzene rings is 1. The third-order valence-electron chi connectivity index (χ3n) is 5.79. The highest BCUT2D eigenvalue weighted by Crippen LogP contribution is 2.37. The maximum absolute atomic E-state index is 12.3. The zero-order valence-corrected chi connectivity index (χ0v) is 18.8. The number of nitrogens with zero attached hydrogens (tertiary/aromatic N) is 1. The molecular formula is C25H39NO3. The topological polar surface area (TPSA) is 46.6 Å². The van der Waals surface area contributed by atoms with Crippen molar-refractivity contribution in [2.45, 2.75) is 109 Å². The molecule has 2 rings (SSSR count). The summed E-state index contributed by atoms with van der Waals surface area (Å²) in [5.74, 6) is 0.396. The van der Waals surface area contributed by atoms with Gasteiger partial charge in [0.15, 0.2) is 0 Å². The highest BCUT2D eigenvalue weighted by atomic mass is 16.6. The fourth-order valence-corrected chi connectivity index (χ4v) is 4.17. The Hall–Kier alpha value is -1.84. The maximum atomic E-state index is 12.3. The maximum Gasteiger partial charge on any atom is 0.417 e. The van der Waals surface area contributed by atoms with Gasteiger partial charge < -0.3 is 4.74 Å². The zero-order chi connectivity index (χ0) is 21.3. The van der Waals surface area contributed by atoms with E-state index in [1.54, 1.807) is 0 Å². The van der Waals surface area contributed by atoms with E-state index in [0.29, 0.717) is 12.3 Å². The van der Waals surface area contributed by atoms with E-state index >= 15 is 0 Å². The Balaban J connectivity index is 1.83. The molecule has 4 heteroatoms. The lowest BCUT2D eigenvalue weighted by atomic mass is 9.95. The minimum Gasteiger partial charge on any atom is -0.443 e. The number of imide groups is 1. The highest BCUT2D eigenvalue weighted by molar-refractivity contribution is 5.81. The number of unbranched alkanes of at least 4 members (excludes halogenated alkanes) is 5. The summed E-state index contributed by atoms with van der Waals surface area (Å²) in [7, 11) is 0. The quantitative estimate of drug-likeness (QED) is 0.327. The van der Waals surface area contributed by atoms with Crippen LogP contribution in [-0.4, -0.2) is 29.0 Å². The molecule has 0 heterocycles. The monoisotopic (exact) mass is 401 g/mol. The Bertz CT molecular complexity index is 632. The van der Waals surface area contributed by atoms with Crippen LogP contribution >= 0.6 is 0 Å². The van der Waals surface area contributed by atoms with Crippen molar-refractivity contribution in [3.63, 3.8) is 0 Å². The molecule has 4 nitrogen and oxygen atoms in total. The molecule has 0 spiro atoms. The normalized spacial score (nSPS) is 19.2. The number of aryl methyl sites for hydroxylation is 1. The van der Waals surface area contributed by atoms with Crippen molar-refractivity contribution in [1.82, 2.24) is 4.90 Å². The van der Waals surface area contributed by atoms with Crippen molar-refractivity contribution in [2.24, 2.45) is 0 Å². The van der Waals surface area contributed by atoms with Crippen LogP contribution in [0.2, 0.25) is 0 Å². The lowest BCUT2D eigenvalue weighted by Crippen LogP contribution is -2.41. The van der Waals surface area contributed by atoms with Crippen LogP contribution in [0.3, 0.4) is 0 Å². The largest absolute Gasteiger partial charge is 0.443 e. The van der Waals surface area contributed by atoms with Gasteiger partial charge >= 0.3 is 6.09 Å². The summed E-state index contributed by atoms with van der Waals surface area (Å²) in [4.78, 5) is 25.1. The van der Waals surface area contributed by atoms with Gasteiger partial charge in [-0.15, -0.1) is 0 Å². The summed E-state index contributed by atoms with van der Waals surface area (Å²) < 4.78 is 5.38. The molecule has 1 fully saturated rings. The average Bonchev–Trinajstić information content (AvgIpc) is 3.14. The molecule has 162 valence electrons. The van der Waals surface area contributed by atoms with Crippen LogP contribution in [-0.2, 0) is 16.0 Å². The van der Waals surface area contributed by atoms with Gasteiger partial charge in [-0.2, -0.15) is 0 Å². The fourth-order valence-electron chi connectivity index (χ4n) is 4.17. The van der Waals surface area contributed by atoms with Crippen LogP contribution in [0.1, 0.15) is 103 Å². The molecule has 0 aliphatic heterocycles. The summed E-state index contributed by atoms with van der Waals surface area (Å²) in [6, 6.07) is 8.89. The predicted molar refractivity (Wildman–Crippen MR) is 118 cm³/mol. The Morgan fingerprint density at radius 1 is 1.07 bits per heavy atom. The standard InChI is InChI=1S/C25H39NO3/c1-5-6-7-8-9-10-11-20-12-14-21(15-13-20)22-16-17-23(18-22)26(19-27)24(28)29-25(2,3)4/h12-15,19,22-23H,5-11,16-18H2,1-4H3. The van der Waals surface area contributed by atoms with Gasteiger partial charge in [0, 0.05) is 6.04 Å². The van der Waals surface area contributed by atoms with E-state index in [1.807, 2.05) is 20.8 Å². The molecule has 0 bridgehead atoms. The van der Waals surface area contributed by atoms with E-state index in [4.69, 9.17) is 4.74 Å². The van der Waals surface area contributed by atoms with Crippen molar-refractivity contribution < 1.29 is 14.3 Å². The average molecular weight is 402 g/mol. The van der Waals surface area contributed by atoms with Gasteiger partial charge in [-0.05, 0) is 69.9 Å². The van der Waals surface area contributed by atoms with Crippen molar-refractivity contribution >= 4 is 12.5 Å². The molecular weight excluding hydrogens is 362 g/mol. The van der Waals surface area contributed by atoms with Crippen molar-refractivity contribution in [1.29, 1.82) is 0 Å². The summed E-state index contributed by atoms with van der Waals surface area (Å²) >= 11 is 0. The Morgan fingerprint density at radius 3 is 2.34 bits per heavy atom. The van der Waals surface area contributed by atoms with Crippen LogP contribution in [0.15, 0.2) is 24.3 Å². The zero-order valence-electron chi connectivity index (χ0n) is 18.8. The van der Waals surface area contributed by atoms with E-state index in [2.05, 4.69) is 31.2 Å². The minimum absolute atomic E-state index is 0.0739. The first-order valence-electron chi connectivity index (χ1n) is 11.4. The number of hydrogen-bond donors (Lipinski definition) is 0. The van der Waals surface area contributed by atoms with Gasteiger partial charge in [-0.25, -0.2) is 9.69 Å². The third kappa shape index (κ3) is 7.83. The minimum atomic E-state index is -0.595. The second-order valence-electron chi connectivity index (χ2n) is 9.42. The van der Waals surface area contributed by atoms with E-state index < -0.39 is 11.7 Å². The smallest absolute Gasteiger partial charge is 0.417 e. The Morgan fingerprint density at radius 2 is 1.72 bits per heavy atom. The fraction of sp³-hybridized carbons (Fsp3) is 0.680. The summed E-state index contributed by atoms with van der Waals surface area (Å²) in [6.45, 7) is 7.70. The molecule has 0 N–H and O–H groups in total. The van der Waals surface area contributed by atoms with Gasteiger partial charge in [0.1, 0.15) is 5.60 Å². The molecule has 1 saturated carbocycles. The first kappa shape index (κ1) is 23.4. The first-order valence-corrected chi connectivity index (χ1v) is 11.4. The molecule has 2 unspecified atom stereocenters. The molecule has 29 heavy (non-hydrogen) atoms. The molecule has 1 aromatic carbocycles. The molecule has 1 aromatic rings. The summed E-state index contributed by atoms with van der Waals surface area (Å²) in [5, 5.41) is 0. The summed E-state index contributed by atoms with van der Waals surface area (Å²) in [6.07, 6.45) is 11.8. The van der Waals surface area contributed by atoms with Crippen molar-refractivity contribution in [2.75, 3.05) is 0 Å². The van der Waals surface area contributed by atoms with Crippen molar-refractivity contribution in [3.8, 4) is 0 Å². The summed E-state index contributed by atoms with van der Waals surface area (Å²) in [5.41, 5.74) is 2.12. The molecule has 0 saturated heterocycles. The Kier molecular flexibility index (Phi) is 9.19. The van der Waals surface area contributed by atoms with Crippen LogP contribution < -0.4 is 0 Å². The van der Waals surface area contributed by atoms with Crippen molar-refractivity contribution in [3.05, 3.63) is 35.4 Å². The molecule has 1 aliphatic rings. The predicted octanol–water partition coefficient (Wildman–Crippen LogP) is 6.62. The molecule has 2 atom stereocenters. The van der Waals surface area contributed by atoms with E-state index in [1.165, 1.54) is 54.6 Å². The van der Waals surface area contributed by atoms with Gasteiger partial charge in [-0.1, -0.05) is 63.3 Å². The molecule has 0 radical (unpaired) electrons. The van der Waals surface area contributed by atoms with E-state index in [9.17, 15) is 9.59 Å². The number of rotatable bonds is 10. The van der Waals surface area contributed by atoms with Gasteiger partial charge in [0.05, 0.1) is 0 Å². The van der Waals surface area contributed by atoms with E-state index in [0.717, 1.165) is 25.7 Å². The molecule has 2 amide bonds. The molecule has 1 aliphatic carbocycles. The third-order valence-corrected chi connectivity index (χ3v) is 5.79. The Labute approximate surface area is 177 Å². The van der Waals surface area contributed by atoms with Crippen LogP contribution in [0, 0.1) is 0 Å². The first-order chi connectivity index (χ1) is 13.8. The lowest BCUT2D eigenvalue weighted by Gasteiger charge is -2.27. The van der Waals surface area contributed by atoms with E-state index in [-0.39, 0.29) is 6.04 Å². The van der Waals surface area contributed by atoms with Gasteiger partial charge in [-0.3, -0.25) is 4.79 Å². The SMILES string of the molecule is CCCCCCCCc1ccc(C2CCC(N(C=O)C(=O)OC(C)(C)C)C2)cc1. The highest BCUT2D eigenvalue weighted by Gasteiger charge is 2.34. The van der Waals surface area contributed by atoms with Crippen LogP contribution in [0.25, 0.3) is 0 Å². The van der Waals surface area contributed by atoms with Gasteiger partial charge in [0.25, 0.3) is 0 Å². The number of carbonyl (C=O) groups is 2. The van der Waals surface area contributed by atoms with Gasteiger partial charge in [0.2, 0.25) is 6.41 Å². The van der Waals surface area contributed by atoms with Crippen LogP contribution in [0.5, 0.6) is 0 Å². The number of hydrogen-bond acceptors (Lipinski definition) is 3. The lowest BCUT2D eigenvalue weighted by molar-refractivity contribution is -0.119. The number of ether oxygens (including phenoxy) is 1. The van der Waals surface area contributed by atoms with Crippen LogP contribution in [0.4, 0.5) is 4.79 Å². The molecule has 0 aromatic heterocycles. The second kappa shape index (κ2) is 11.4. The number of amides is 2.